The third-order valence-electron chi connectivity index (χ3n) is 12.5. The Bertz CT molecular complexity index is 3100. The van der Waals surface area contributed by atoms with E-state index in [9.17, 15) is 0 Å². The Morgan fingerprint density at radius 3 is 1.91 bits per heavy atom. The van der Waals surface area contributed by atoms with Crippen LogP contribution in [0.5, 0.6) is 0 Å². The van der Waals surface area contributed by atoms with Crippen molar-refractivity contribution in [1.29, 1.82) is 0 Å². The second-order valence-electron chi connectivity index (χ2n) is 15.9. The minimum Gasteiger partial charge on any atom is -0.456 e. The van der Waals surface area contributed by atoms with E-state index in [1.165, 1.54) is 81.5 Å². The molecule has 9 aromatic carbocycles. The minimum atomic E-state index is 0.588. The molecule has 0 unspecified atom stereocenters. The summed E-state index contributed by atoms with van der Waals surface area (Å²) in [6.07, 6.45) is 6.48. The lowest BCUT2D eigenvalue weighted by Crippen LogP contribution is -2.11. The lowest BCUT2D eigenvalue weighted by atomic mass is 9.80. The molecule has 58 heavy (non-hydrogen) atoms. The maximum Gasteiger partial charge on any atom is 0.135 e. The van der Waals surface area contributed by atoms with Gasteiger partial charge in [-0.05, 0) is 122 Å². The SMILES string of the molecule is c1cc(-c2ccc3oc4ccccc4c3c2)cc(N(c2ccc(-c3cccc4ccccc34)cc2)c2ccccc2-c2cccc3cccc(C4CCCCC4)c23)c1. The number of para-hydroxylation sites is 2. The molecule has 1 fully saturated rings. The summed E-state index contributed by atoms with van der Waals surface area (Å²) in [7, 11) is 0. The predicted octanol–water partition coefficient (Wildman–Crippen LogP) is 16.4. The molecule has 0 radical (unpaired) electrons. The molecule has 0 bridgehead atoms. The van der Waals surface area contributed by atoms with Crippen LogP contribution in [0.15, 0.2) is 199 Å². The number of rotatable bonds is 7. The first-order valence-corrected chi connectivity index (χ1v) is 20.8. The van der Waals surface area contributed by atoms with Gasteiger partial charge in [-0.15, -0.1) is 0 Å². The highest BCUT2D eigenvalue weighted by Crippen LogP contribution is 2.46. The summed E-state index contributed by atoms with van der Waals surface area (Å²) >= 11 is 0. The maximum atomic E-state index is 6.21. The first-order valence-electron chi connectivity index (χ1n) is 20.8. The van der Waals surface area contributed by atoms with Crippen molar-refractivity contribution in [1.82, 2.24) is 0 Å². The third-order valence-corrected chi connectivity index (χ3v) is 12.5. The molecule has 2 nitrogen and oxygen atoms in total. The molecule has 1 aliphatic rings. The van der Waals surface area contributed by atoms with Gasteiger partial charge in [0.2, 0.25) is 0 Å². The van der Waals surface area contributed by atoms with Gasteiger partial charge in [-0.2, -0.15) is 0 Å². The van der Waals surface area contributed by atoms with Crippen LogP contribution in [0.3, 0.4) is 0 Å². The van der Waals surface area contributed by atoms with Gasteiger partial charge in [0.15, 0.2) is 0 Å². The van der Waals surface area contributed by atoms with E-state index in [-0.39, 0.29) is 0 Å². The molecule has 1 aromatic heterocycles. The molecule has 0 saturated heterocycles. The van der Waals surface area contributed by atoms with Gasteiger partial charge in [-0.1, -0.05) is 165 Å². The molecule has 0 spiro atoms. The van der Waals surface area contributed by atoms with E-state index in [4.69, 9.17) is 4.42 Å². The predicted molar refractivity (Wildman–Crippen MR) is 246 cm³/mol. The topological polar surface area (TPSA) is 16.4 Å². The van der Waals surface area contributed by atoms with Crippen molar-refractivity contribution in [2.24, 2.45) is 0 Å². The average molecular weight is 746 g/mol. The molecule has 278 valence electrons. The number of benzene rings is 9. The normalized spacial score (nSPS) is 13.4. The van der Waals surface area contributed by atoms with Crippen molar-refractivity contribution in [3.05, 3.63) is 200 Å². The van der Waals surface area contributed by atoms with Gasteiger partial charge < -0.3 is 9.32 Å². The van der Waals surface area contributed by atoms with Gasteiger partial charge in [0.25, 0.3) is 0 Å². The molecule has 1 heterocycles. The minimum absolute atomic E-state index is 0.588. The Hall–Kier alpha value is -6.90. The van der Waals surface area contributed by atoms with Gasteiger partial charge in [-0.25, -0.2) is 0 Å². The van der Waals surface area contributed by atoms with Gasteiger partial charge in [-0.3, -0.25) is 0 Å². The molecule has 1 saturated carbocycles. The summed E-state index contributed by atoms with van der Waals surface area (Å²) in [5.41, 5.74) is 14.0. The highest BCUT2D eigenvalue weighted by atomic mass is 16.3. The van der Waals surface area contributed by atoms with Crippen LogP contribution in [0.2, 0.25) is 0 Å². The molecular weight excluding hydrogens is 703 g/mol. The first kappa shape index (κ1) is 34.4. The standard InChI is InChI=1S/C56H43NO/c1-2-14-39(15-3-1)48-26-12-18-41-19-13-27-51(56(41)48)49-23-6-8-28-53(49)57(44-33-30-40(31-34-44)47-25-11-17-38-16-4-5-22-46(38)47)45-21-10-20-42(36-45)43-32-35-55-52(37-43)50-24-7-9-29-54(50)58-55/h4-13,16-37,39H,1-3,14-15H2. The van der Waals surface area contributed by atoms with Gasteiger partial charge in [0.05, 0.1) is 5.69 Å². The van der Waals surface area contributed by atoms with Crippen LogP contribution in [0.1, 0.15) is 43.6 Å². The summed E-state index contributed by atoms with van der Waals surface area (Å²) in [6.45, 7) is 0. The largest absolute Gasteiger partial charge is 0.456 e. The summed E-state index contributed by atoms with van der Waals surface area (Å²) < 4.78 is 6.21. The molecule has 1 aliphatic carbocycles. The maximum absolute atomic E-state index is 6.21. The van der Waals surface area contributed by atoms with Gasteiger partial charge >= 0.3 is 0 Å². The Balaban J connectivity index is 1.09. The number of furan rings is 1. The van der Waals surface area contributed by atoms with Crippen LogP contribution in [-0.4, -0.2) is 0 Å². The van der Waals surface area contributed by atoms with Crippen LogP contribution in [-0.2, 0) is 0 Å². The van der Waals surface area contributed by atoms with Crippen molar-refractivity contribution in [2.75, 3.05) is 4.90 Å². The summed E-state index contributed by atoms with van der Waals surface area (Å²) in [5.74, 6) is 0.588. The van der Waals surface area contributed by atoms with E-state index in [1.54, 1.807) is 0 Å². The van der Waals surface area contributed by atoms with Crippen LogP contribution in [0.4, 0.5) is 17.1 Å². The molecule has 0 aliphatic heterocycles. The van der Waals surface area contributed by atoms with Crippen molar-refractivity contribution < 1.29 is 4.42 Å². The zero-order valence-electron chi connectivity index (χ0n) is 32.4. The second kappa shape index (κ2) is 14.6. The number of anilines is 3. The Labute approximate surface area is 339 Å². The highest BCUT2D eigenvalue weighted by Gasteiger charge is 2.23. The van der Waals surface area contributed by atoms with E-state index in [0.29, 0.717) is 5.92 Å². The number of hydrogen-bond donors (Lipinski definition) is 0. The summed E-state index contributed by atoms with van der Waals surface area (Å²) in [5, 5.41) is 7.49. The quantitative estimate of drug-likeness (QED) is 0.162. The monoisotopic (exact) mass is 745 g/mol. The van der Waals surface area contributed by atoms with E-state index >= 15 is 0 Å². The van der Waals surface area contributed by atoms with Crippen molar-refractivity contribution in [3.8, 4) is 33.4 Å². The van der Waals surface area contributed by atoms with E-state index in [0.717, 1.165) is 50.1 Å². The van der Waals surface area contributed by atoms with Crippen LogP contribution in [0, 0.1) is 0 Å². The van der Waals surface area contributed by atoms with E-state index in [1.807, 2.05) is 12.1 Å². The lowest BCUT2D eigenvalue weighted by molar-refractivity contribution is 0.445. The summed E-state index contributed by atoms with van der Waals surface area (Å²) in [4.78, 5) is 2.46. The van der Waals surface area contributed by atoms with E-state index in [2.05, 4.69) is 187 Å². The summed E-state index contributed by atoms with van der Waals surface area (Å²) in [6, 6.07) is 71.1. The second-order valence-corrected chi connectivity index (χ2v) is 15.9. The molecular formula is C56H43NO. The molecule has 2 heteroatoms. The van der Waals surface area contributed by atoms with Crippen molar-refractivity contribution >= 4 is 60.5 Å². The Morgan fingerprint density at radius 1 is 0.397 bits per heavy atom. The highest BCUT2D eigenvalue weighted by molar-refractivity contribution is 6.07. The fourth-order valence-corrected chi connectivity index (χ4v) is 9.67. The smallest absolute Gasteiger partial charge is 0.135 e. The molecule has 10 aromatic rings. The molecule has 0 N–H and O–H groups in total. The molecule has 11 rings (SSSR count). The van der Waals surface area contributed by atoms with E-state index < -0.39 is 0 Å². The molecule has 0 atom stereocenters. The Morgan fingerprint density at radius 2 is 1.03 bits per heavy atom. The van der Waals surface area contributed by atoms with Crippen molar-refractivity contribution in [3.63, 3.8) is 0 Å². The number of hydrogen-bond acceptors (Lipinski definition) is 2. The third kappa shape index (κ3) is 6.04. The van der Waals surface area contributed by atoms with Gasteiger partial charge in [0, 0.05) is 27.7 Å². The Kier molecular flexibility index (Phi) is 8.62. The average Bonchev–Trinajstić information content (AvgIpc) is 3.67. The lowest BCUT2D eigenvalue weighted by Gasteiger charge is -2.29. The zero-order chi connectivity index (χ0) is 38.4. The van der Waals surface area contributed by atoms with Crippen LogP contribution >= 0.6 is 0 Å². The van der Waals surface area contributed by atoms with Crippen LogP contribution in [0.25, 0.3) is 76.9 Å². The van der Waals surface area contributed by atoms with Gasteiger partial charge in [0.1, 0.15) is 11.2 Å². The number of fused-ring (bicyclic) bond motifs is 5. The first-order chi connectivity index (χ1) is 28.8. The zero-order valence-corrected chi connectivity index (χ0v) is 32.4. The fraction of sp³-hybridized carbons (Fsp3) is 0.107. The van der Waals surface area contributed by atoms with Crippen molar-refractivity contribution in [2.45, 2.75) is 38.0 Å². The van der Waals surface area contributed by atoms with Crippen LogP contribution < -0.4 is 4.90 Å². The number of nitrogens with zero attached hydrogens (tertiary/aromatic N) is 1. The molecule has 0 amide bonds. The fourth-order valence-electron chi connectivity index (χ4n) is 9.67.